The van der Waals surface area contributed by atoms with Crippen LogP contribution in [0.3, 0.4) is 0 Å². The Morgan fingerprint density at radius 2 is 1.79 bits per heavy atom. The van der Waals surface area contributed by atoms with Gasteiger partial charge >= 0.3 is 0 Å². The molecule has 1 aliphatic carbocycles. The summed E-state index contributed by atoms with van der Waals surface area (Å²) in [6.45, 7) is 2.59. The van der Waals surface area contributed by atoms with Crippen molar-refractivity contribution in [2.45, 2.75) is 45.2 Å². The van der Waals surface area contributed by atoms with Crippen molar-refractivity contribution in [1.82, 2.24) is 14.8 Å². The van der Waals surface area contributed by atoms with E-state index in [-0.39, 0.29) is 0 Å². The third kappa shape index (κ3) is 2.68. The first kappa shape index (κ1) is 12.4. The highest BCUT2D eigenvalue weighted by Crippen LogP contribution is 2.36. The van der Waals surface area contributed by atoms with Crippen LogP contribution >= 0.6 is 0 Å². The van der Waals surface area contributed by atoms with Crippen molar-refractivity contribution in [3.05, 3.63) is 47.0 Å². The van der Waals surface area contributed by atoms with Crippen LogP contribution in [0.5, 0.6) is 0 Å². The summed E-state index contributed by atoms with van der Waals surface area (Å²) in [7, 11) is 0. The van der Waals surface area contributed by atoms with Gasteiger partial charge in [-0.15, -0.1) is 10.2 Å². The van der Waals surface area contributed by atoms with E-state index in [1.54, 1.807) is 0 Å². The normalized spacial score (nSPS) is 14.8. The topological polar surface area (TPSA) is 56.7 Å². The molecule has 4 heteroatoms. The number of aryl methyl sites for hydroxylation is 3. The first-order chi connectivity index (χ1) is 9.28. The Morgan fingerprint density at radius 3 is 2.42 bits per heavy atom. The minimum Gasteiger partial charge on any atom is -0.324 e. The molecule has 0 spiro atoms. The Bertz CT molecular complexity index is 552. The van der Waals surface area contributed by atoms with Crippen molar-refractivity contribution in [2.24, 2.45) is 5.73 Å². The van der Waals surface area contributed by atoms with Crippen molar-refractivity contribution in [2.75, 3.05) is 0 Å². The van der Waals surface area contributed by atoms with Gasteiger partial charge < -0.3 is 10.3 Å². The molecule has 2 aromatic rings. The summed E-state index contributed by atoms with van der Waals surface area (Å²) in [5.74, 6) is 2.02. The van der Waals surface area contributed by atoms with Gasteiger partial charge in [0.25, 0.3) is 0 Å². The van der Waals surface area contributed by atoms with E-state index in [1.165, 1.54) is 24.0 Å². The third-order valence-electron chi connectivity index (χ3n) is 3.69. The Morgan fingerprint density at radius 1 is 1.11 bits per heavy atom. The van der Waals surface area contributed by atoms with Gasteiger partial charge in [-0.3, -0.25) is 0 Å². The summed E-state index contributed by atoms with van der Waals surface area (Å²) in [6.07, 6.45) is 4.42. The lowest BCUT2D eigenvalue weighted by Gasteiger charge is -2.08. The number of rotatable bonds is 5. The van der Waals surface area contributed by atoms with Crippen molar-refractivity contribution in [3.8, 4) is 0 Å². The third-order valence-corrected chi connectivity index (χ3v) is 3.69. The number of nitrogens with two attached hydrogens (primary N) is 1. The summed E-state index contributed by atoms with van der Waals surface area (Å²) in [5, 5.41) is 8.52. The maximum absolute atomic E-state index is 5.73. The summed E-state index contributed by atoms with van der Waals surface area (Å²) >= 11 is 0. The van der Waals surface area contributed by atoms with Crippen LogP contribution in [0.25, 0.3) is 0 Å². The highest BCUT2D eigenvalue weighted by Gasteiger charge is 2.28. The Balaban J connectivity index is 1.73. The number of nitrogens with zero attached hydrogens (tertiary/aromatic N) is 3. The molecule has 3 rings (SSSR count). The van der Waals surface area contributed by atoms with E-state index in [0.29, 0.717) is 12.6 Å². The van der Waals surface area contributed by atoms with Crippen LogP contribution in [-0.2, 0) is 19.4 Å². The minimum absolute atomic E-state index is 0.480. The average molecular weight is 256 g/mol. The van der Waals surface area contributed by atoms with Crippen molar-refractivity contribution >= 4 is 0 Å². The van der Waals surface area contributed by atoms with Crippen LogP contribution in [0.2, 0.25) is 0 Å². The average Bonchev–Trinajstić information content (AvgIpc) is 3.18. The lowest BCUT2D eigenvalue weighted by molar-refractivity contribution is 0.639. The molecule has 1 aromatic carbocycles. The van der Waals surface area contributed by atoms with Gasteiger partial charge in [-0.05, 0) is 31.7 Å². The van der Waals surface area contributed by atoms with Gasteiger partial charge in [0.05, 0.1) is 6.54 Å². The van der Waals surface area contributed by atoms with Crippen LogP contribution in [-0.4, -0.2) is 14.8 Å². The largest absolute Gasteiger partial charge is 0.324 e. The van der Waals surface area contributed by atoms with Crippen LogP contribution < -0.4 is 5.73 Å². The van der Waals surface area contributed by atoms with Crippen molar-refractivity contribution < 1.29 is 0 Å². The maximum atomic E-state index is 5.73. The number of hydrogen-bond acceptors (Lipinski definition) is 3. The molecule has 4 nitrogen and oxygen atoms in total. The molecule has 2 N–H and O–H groups in total. The molecule has 0 atom stereocenters. The van der Waals surface area contributed by atoms with Gasteiger partial charge in [0.1, 0.15) is 11.6 Å². The predicted molar refractivity (Wildman–Crippen MR) is 74.8 cm³/mol. The molecule has 0 radical (unpaired) electrons. The molecule has 0 bridgehead atoms. The van der Waals surface area contributed by atoms with E-state index in [1.807, 2.05) is 0 Å². The standard InChI is InChI=1S/C15H20N4/c1-11-2-4-12(5-3-11)6-9-14-17-18-15(10-16)19(14)13-7-8-13/h2-5,13H,6-10,16H2,1H3. The molecular formula is C15H20N4. The second-order valence-electron chi connectivity index (χ2n) is 5.32. The number of aromatic nitrogens is 3. The molecule has 1 aliphatic rings. The molecule has 19 heavy (non-hydrogen) atoms. The molecule has 1 heterocycles. The zero-order chi connectivity index (χ0) is 13.2. The smallest absolute Gasteiger partial charge is 0.147 e. The molecule has 0 aliphatic heterocycles. The van der Waals surface area contributed by atoms with E-state index >= 15 is 0 Å². The molecule has 1 fully saturated rings. The van der Waals surface area contributed by atoms with E-state index in [2.05, 4.69) is 46.0 Å². The molecule has 1 saturated carbocycles. The first-order valence-corrected chi connectivity index (χ1v) is 6.96. The number of benzene rings is 1. The van der Waals surface area contributed by atoms with E-state index in [0.717, 1.165) is 24.5 Å². The monoisotopic (exact) mass is 256 g/mol. The first-order valence-electron chi connectivity index (χ1n) is 6.96. The Hall–Kier alpha value is -1.68. The molecule has 100 valence electrons. The fraction of sp³-hybridized carbons (Fsp3) is 0.467. The van der Waals surface area contributed by atoms with Crippen LogP contribution in [0.4, 0.5) is 0 Å². The lowest BCUT2D eigenvalue weighted by atomic mass is 10.1. The highest BCUT2D eigenvalue weighted by atomic mass is 15.3. The Kier molecular flexibility index (Phi) is 3.34. The fourth-order valence-corrected chi connectivity index (χ4v) is 2.44. The van der Waals surface area contributed by atoms with E-state index < -0.39 is 0 Å². The molecular weight excluding hydrogens is 236 g/mol. The van der Waals surface area contributed by atoms with Gasteiger partial charge in [-0.25, -0.2) is 0 Å². The summed E-state index contributed by atoms with van der Waals surface area (Å²) in [5.41, 5.74) is 8.38. The van der Waals surface area contributed by atoms with Gasteiger partial charge in [0.15, 0.2) is 0 Å². The SMILES string of the molecule is Cc1ccc(CCc2nnc(CN)n2C2CC2)cc1. The molecule has 0 saturated heterocycles. The lowest BCUT2D eigenvalue weighted by Crippen LogP contribution is -2.10. The zero-order valence-corrected chi connectivity index (χ0v) is 11.3. The zero-order valence-electron chi connectivity index (χ0n) is 11.3. The van der Waals surface area contributed by atoms with Crippen LogP contribution in [0, 0.1) is 6.92 Å². The summed E-state index contributed by atoms with van der Waals surface area (Å²) in [6, 6.07) is 9.30. The highest BCUT2D eigenvalue weighted by molar-refractivity contribution is 5.22. The van der Waals surface area contributed by atoms with E-state index in [9.17, 15) is 0 Å². The predicted octanol–water partition coefficient (Wildman–Crippen LogP) is 2.17. The van der Waals surface area contributed by atoms with Crippen molar-refractivity contribution in [3.63, 3.8) is 0 Å². The molecule has 1 aromatic heterocycles. The van der Waals surface area contributed by atoms with Crippen molar-refractivity contribution in [1.29, 1.82) is 0 Å². The summed E-state index contributed by atoms with van der Waals surface area (Å²) in [4.78, 5) is 0. The maximum Gasteiger partial charge on any atom is 0.147 e. The number of hydrogen-bond donors (Lipinski definition) is 1. The second-order valence-corrected chi connectivity index (χ2v) is 5.32. The quantitative estimate of drug-likeness (QED) is 0.892. The van der Waals surface area contributed by atoms with Gasteiger partial charge in [-0.2, -0.15) is 0 Å². The second kappa shape index (κ2) is 5.13. The van der Waals surface area contributed by atoms with E-state index in [4.69, 9.17) is 5.73 Å². The van der Waals surface area contributed by atoms with Gasteiger partial charge in [-0.1, -0.05) is 29.8 Å². The van der Waals surface area contributed by atoms with Crippen LogP contribution in [0.1, 0.15) is 41.7 Å². The minimum atomic E-state index is 0.480. The Labute approximate surface area is 113 Å². The fourth-order valence-electron chi connectivity index (χ4n) is 2.44. The summed E-state index contributed by atoms with van der Waals surface area (Å²) < 4.78 is 2.26. The molecule has 0 unspecified atom stereocenters. The van der Waals surface area contributed by atoms with Gasteiger partial charge in [0.2, 0.25) is 0 Å². The van der Waals surface area contributed by atoms with Crippen LogP contribution in [0.15, 0.2) is 24.3 Å². The molecule has 0 amide bonds. The van der Waals surface area contributed by atoms with Gasteiger partial charge in [0, 0.05) is 12.5 Å².